The van der Waals surface area contributed by atoms with Crippen LogP contribution in [0.2, 0.25) is 0 Å². The molecule has 3 rings (SSSR count). The van der Waals surface area contributed by atoms with Crippen LogP contribution in [-0.4, -0.2) is 30.4 Å². The Labute approximate surface area is 152 Å². The van der Waals surface area contributed by atoms with Crippen molar-refractivity contribution in [3.05, 3.63) is 35.9 Å². The summed E-state index contributed by atoms with van der Waals surface area (Å²) in [7, 11) is 0. The van der Waals surface area contributed by atoms with Gasteiger partial charge in [0.25, 0.3) is 0 Å². The Morgan fingerprint density at radius 3 is 2.46 bits per heavy atom. The molecule has 2 N–H and O–H groups in total. The summed E-state index contributed by atoms with van der Waals surface area (Å²) in [5.74, 6) is 1.62. The first-order chi connectivity index (χ1) is 11.1. The number of hydrogen-bond acceptors (Lipinski definition) is 2. The maximum Gasteiger partial charge on any atom is 0.222 e. The van der Waals surface area contributed by atoms with Crippen molar-refractivity contribution < 1.29 is 4.79 Å². The Morgan fingerprint density at radius 2 is 1.88 bits per heavy atom. The predicted octanol–water partition coefficient (Wildman–Crippen LogP) is 3.97. The number of carbonyl (C=O) groups is 1. The molecule has 134 valence electrons. The van der Waals surface area contributed by atoms with Gasteiger partial charge in [-0.25, -0.2) is 0 Å². The van der Waals surface area contributed by atoms with E-state index in [1.807, 2.05) is 0 Å². The number of benzene rings is 1. The number of carbonyl (C=O) groups excluding carboxylic acids is 1. The molecule has 1 aromatic rings. The van der Waals surface area contributed by atoms with Gasteiger partial charge in [0.15, 0.2) is 0 Å². The standard InChI is InChI=1S/C20H30N2O.ClH/c1-20(14-21)11-12-22(15-20)19(23)13-16-7-9-18(10-8-16)17-5-3-2-4-6-17;/h2-6,16,18H,7-15,21H2,1H3;1H. The Balaban J connectivity index is 0.00000208. The van der Waals surface area contributed by atoms with Crippen LogP contribution in [0.1, 0.15) is 56.9 Å². The van der Waals surface area contributed by atoms with E-state index in [0.29, 0.717) is 24.3 Å². The maximum absolute atomic E-state index is 12.6. The van der Waals surface area contributed by atoms with Gasteiger partial charge in [-0.2, -0.15) is 0 Å². The molecule has 1 heterocycles. The summed E-state index contributed by atoms with van der Waals surface area (Å²) in [6, 6.07) is 10.8. The molecule has 0 radical (unpaired) electrons. The summed E-state index contributed by atoms with van der Waals surface area (Å²) in [6.07, 6.45) is 6.61. The van der Waals surface area contributed by atoms with Gasteiger partial charge < -0.3 is 10.6 Å². The highest BCUT2D eigenvalue weighted by molar-refractivity contribution is 5.85. The van der Waals surface area contributed by atoms with Crippen LogP contribution < -0.4 is 5.73 Å². The molecule has 1 atom stereocenters. The lowest BCUT2D eigenvalue weighted by molar-refractivity contribution is -0.131. The first-order valence-corrected chi connectivity index (χ1v) is 9.12. The Bertz CT molecular complexity index is 528. The number of amides is 1. The lowest BCUT2D eigenvalue weighted by Gasteiger charge is -2.30. The number of hydrogen-bond donors (Lipinski definition) is 1. The number of nitrogens with two attached hydrogens (primary N) is 1. The Morgan fingerprint density at radius 1 is 1.21 bits per heavy atom. The van der Waals surface area contributed by atoms with Gasteiger partial charge in [-0.05, 0) is 61.5 Å². The molecule has 2 fully saturated rings. The Kier molecular flexibility index (Phi) is 6.70. The van der Waals surface area contributed by atoms with Gasteiger partial charge in [0.1, 0.15) is 0 Å². The van der Waals surface area contributed by atoms with Crippen LogP contribution in [0.4, 0.5) is 0 Å². The van der Waals surface area contributed by atoms with Crippen molar-refractivity contribution in [2.75, 3.05) is 19.6 Å². The van der Waals surface area contributed by atoms with Gasteiger partial charge in [0.2, 0.25) is 5.91 Å². The van der Waals surface area contributed by atoms with Crippen LogP contribution >= 0.6 is 12.4 Å². The minimum atomic E-state index is 0. The quantitative estimate of drug-likeness (QED) is 0.893. The third-order valence-corrected chi connectivity index (χ3v) is 5.98. The van der Waals surface area contributed by atoms with E-state index >= 15 is 0 Å². The maximum atomic E-state index is 12.6. The molecule has 1 saturated carbocycles. The SMILES string of the molecule is CC1(CN)CCN(C(=O)CC2CCC(c3ccccc3)CC2)C1.Cl. The molecule has 0 aromatic heterocycles. The smallest absolute Gasteiger partial charge is 0.222 e. The van der Waals surface area contributed by atoms with Crippen LogP contribution in [0.3, 0.4) is 0 Å². The minimum Gasteiger partial charge on any atom is -0.342 e. The highest BCUT2D eigenvalue weighted by Gasteiger charge is 2.35. The fourth-order valence-electron chi connectivity index (χ4n) is 4.20. The number of halogens is 1. The van der Waals surface area contributed by atoms with Gasteiger partial charge in [-0.3, -0.25) is 4.79 Å². The van der Waals surface area contributed by atoms with E-state index in [4.69, 9.17) is 5.73 Å². The second-order valence-electron chi connectivity index (χ2n) is 7.91. The lowest BCUT2D eigenvalue weighted by atomic mass is 9.77. The first kappa shape index (κ1) is 19.3. The first-order valence-electron chi connectivity index (χ1n) is 9.12. The summed E-state index contributed by atoms with van der Waals surface area (Å²) in [6.45, 7) is 4.62. The third-order valence-electron chi connectivity index (χ3n) is 5.98. The number of likely N-dealkylation sites (tertiary alicyclic amines) is 1. The van der Waals surface area contributed by atoms with E-state index in [2.05, 4.69) is 42.2 Å². The average molecular weight is 351 g/mol. The molecule has 1 aliphatic heterocycles. The molecular weight excluding hydrogens is 320 g/mol. The molecule has 2 aliphatic rings. The fraction of sp³-hybridized carbons (Fsp3) is 0.650. The zero-order valence-electron chi connectivity index (χ0n) is 14.7. The molecule has 1 amide bonds. The van der Waals surface area contributed by atoms with Crippen molar-refractivity contribution in [1.29, 1.82) is 0 Å². The molecule has 3 nitrogen and oxygen atoms in total. The third kappa shape index (κ3) is 4.52. The summed E-state index contributed by atoms with van der Waals surface area (Å²) in [5.41, 5.74) is 7.45. The fourth-order valence-corrected chi connectivity index (χ4v) is 4.20. The Hall–Kier alpha value is -1.06. The van der Waals surface area contributed by atoms with Crippen LogP contribution in [0.5, 0.6) is 0 Å². The van der Waals surface area contributed by atoms with Gasteiger partial charge in [-0.15, -0.1) is 12.4 Å². The monoisotopic (exact) mass is 350 g/mol. The van der Waals surface area contributed by atoms with Crippen LogP contribution in [0.25, 0.3) is 0 Å². The van der Waals surface area contributed by atoms with Crippen LogP contribution in [-0.2, 0) is 4.79 Å². The van der Waals surface area contributed by atoms with Crippen molar-refractivity contribution in [2.24, 2.45) is 17.1 Å². The summed E-state index contributed by atoms with van der Waals surface area (Å²) < 4.78 is 0. The summed E-state index contributed by atoms with van der Waals surface area (Å²) in [5, 5.41) is 0. The van der Waals surface area contributed by atoms with E-state index in [9.17, 15) is 4.79 Å². The largest absolute Gasteiger partial charge is 0.342 e. The van der Waals surface area contributed by atoms with Crippen LogP contribution in [0, 0.1) is 11.3 Å². The molecule has 0 spiro atoms. The zero-order valence-corrected chi connectivity index (χ0v) is 15.6. The molecular formula is C20H31ClN2O. The van der Waals surface area contributed by atoms with E-state index < -0.39 is 0 Å². The summed E-state index contributed by atoms with van der Waals surface area (Å²) >= 11 is 0. The van der Waals surface area contributed by atoms with Crippen molar-refractivity contribution in [1.82, 2.24) is 4.90 Å². The minimum absolute atomic E-state index is 0. The molecule has 1 aliphatic carbocycles. The van der Waals surface area contributed by atoms with Gasteiger partial charge in [0, 0.05) is 19.5 Å². The molecule has 1 unspecified atom stereocenters. The van der Waals surface area contributed by atoms with Crippen LogP contribution in [0.15, 0.2) is 30.3 Å². The number of rotatable bonds is 4. The van der Waals surface area contributed by atoms with Gasteiger partial charge in [0.05, 0.1) is 0 Å². The number of nitrogens with zero attached hydrogens (tertiary/aromatic N) is 1. The second-order valence-corrected chi connectivity index (χ2v) is 7.91. The van der Waals surface area contributed by atoms with E-state index in [0.717, 1.165) is 25.9 Å². The summed E-state index contributed by atoms with van der Waals surface area (Å²) in [4.78, 5) is 14.6. The van der Waals surface area contributed by atoms with Crippen molar-refractivity contribution >= 4 is 18.3 Å². The van der Waals surface area contributed by atoms with E-state index in [1.54, 1.807) is 0 Å². The highest BCUT2D eigenvalue weighted by atomic mass is 35.5. The normalized spacial score (nSPS) is 30.0. The van der Waals surface area contributed by atoms with Crippen molar-refractivity contribution in [3.63, 3.8) is 0 Å². The van der Waals surface area contributed by atoms with Gasteiger partial charge >= 0.3 is 0 Å². The topological polar surface area (TPSA) is 46.3 Å². The molecule has 1 saturated heterocycles. The highest BCUT2D eigenvalue weighted by Crippen LogP contribution is 2.37. The van der Waals surface area contributed by atoms with E-state index in [1.165, 1.54) is 31.2 Å². The van der Waals surface area contributed by atoms with Gasteiger partial charge in [-0.1, -0.05) is 37.3 Å². The zero-order chi connectivity index (χ0) is 16.3. The molecule has 1 aromatic carbocycles. The molecule has 4 heteroatoms. The molecule has 0 bridgehead atoms. The second kappa shape index (κ2) is 8.35. The molecule has 24 heavy (non-hydrogen) atoms. The van der Waals surface area contributed by atoms with Crippen molar-refractivity contribution in [2.45, 2.75) is 51.4 Å². The lowest BCUT2D eigenvalue weighted by Crippen LogP contribution is -2.35. The van der Waals surface area contributed by atoms with E-state index in [-0.39, 0.29) is 17.8 Å². The predicted molar refractivity (Wildman–Crippen MR) is 101 cm³/mol. The average Bonchev–Trinajstić information content (AvgIpc) is 3.00. The van der Waals surface area contributed by atoms with Crippen molar-refractivity contribution in [3.8, 4) is 0 Å².